The molecular formula is C19H21N3O2. The summed E-state index contributed by atoms with van der Waals surface area (Å²) in [5.74, 6) is 0.595. The van der Waals surface area contributed by atoms with Crippen LogP contribution in [0, 0.1) is 5.92 Å². The van der Waals surface area contributed by atoms with Crippen LogP contribution in [0.4, 0.5) is 5.69 Å². The van der Waals surface area contributed by atoms with E-state index in [4.69, 9.17) is 0 Å². The predicted molar refractivity (Wildman–Crippen MR) is 92.2 cm³/mol. The lowest BCUT2D eigenvalue weighted by Crippen LogP contribution is -2.47. The Kier molecular flexibility index (Phi) is 2.92. The summed E-state index contributed by atoms with van der Waals surface area (Å²) in [5, 5.41) is 4.02. The molecule has 3 aliphatic heterocycles. The Hall–Kier alpha value is -2.14. The van der Waals surface area contributed by atoms with Gasteiger partial charge in [-0.2, -0.15) is 0 Å². The molecule has 3 aliphatic rings. The van der Waals surface area contributed by atoms with Crippen LogP contribution in [0.2, 0.25) is 0 Å². The lowest BCUT2D eigenvalue weighted by molar-refractivity contribution is -0.114. The summed E-state index contributed by atoms with van der Waals surface area (Å²) >= 11 is 0. The van der Waals surface area contributed by atoms with Crippen LogP contribution in [-0.2, 0) is 11.2 Å². The number of amides is 1. The molecular weight excluding hydrogens is 302 g/mol. The minimum Gasteiger partial charge on any atom is -0.326 e. The van der Waals surface area contributed by atoms with Gasteiger partial charge in [0, 0.05) is 36.7 Å². The molecule has 5 heteroatoms. The number of benzene rings is 1. The van der Waals surface area contributed by atoms with Crippen molar-refractivity contribution >= 4 is 28.4 Å². The van der Waals surface area contributed by atoms with E-state index >= 15 is 0 Å². The number of rotatable bonds is 1. The van der Waals surface area contributed by atoms with Gasteiger partial charge < -0.3 is 5.32 Å². The third-order valence-corrected chi connectivity index (χ3v) is 5.91. The second-order valence-corrected chi connectivity index (χ2v) is 7.34. The van der Waals surface area contributed by atoms with Crippen molar-refractivity contribution in [2.75, 3.05) is 18.4 Å². The quantitative estimate of drug-likeness (QED) is 0.878. The Morgan fingerprint density at radius 3 is 3.00 bits per heavy atom. The van der Waals surface area contributed by atoms with E-state index in [9.17, 15) is 9.59 Å². The first-order valence-corrected chi connectivity index (χ1v) is 8.85. The van der Waals surface area contributed by atoms with E-state index in [0.29, 0.717) is 18.4 Å². The van der Waals surface area contributed by atoms with Crippen molar-refractivity contribution in [3.8, 4) is 0 Å². The fourth-order valence-corrected chi connectivity index (χ4v) is 5.08. The van der Waals surface area contributed by atoms with E-state index < -0.39 is 0 Å². The molecule has 5 nitrogen and oxygen atoms in total. The molecule has 0 spiro atoms. The van der Waals surface area contributed by atoms with Gasteiger partial charge in [-0.25, -0.2) is 0 Å². The molecule has 4 heterocycles. The molecule has 0 bridgehead atoms. The highest BCUT2D eigenvalue weighted by atomic mass is 16.2. The number of piperidine rings is 1. The standard InChI is InChI=1S/C19H21N3O2/c1-11(23)20-13-4-5-14-15-6-8-21-7-2-3-12-9-17(24)22(16(14)10-13)19(15)18(12)21/h4-5,10,12,18H,2-3,6-9H2,1H3,(H,20,23)/t12-,18-/m1/s1. The number of nitrogens with one attached hydrogen (secondary N) is 1. The van der Waals surface area contributed by atoms with Crippen LogP contribution >= 0.6 is 0 Å². The molecule has 5 rings (SSSR count). The van der Waals surface area contributed by atoms with Crippen molar-refractivity contribution in [1.29, 1.82) is 0 Å². The highest BCUT2D eigenvalue weighted by molar-refractivity contribution is 6.00. The largest absolute Gasteiger partial charge is 0.326 e. The van der Waals surface area contributed by atoms with Crippen molar-refractivity contribution in [1.82, 2.24) is 9.47 Å². The number of aromatic nitrogens is 1. The van der Waals surface area contributed by atoms with Crippen molar-refractivity contribution in [2.45, 2.75) is 38.6 Å². The number of anilines is 1. The molecule has 2 aromatic rings. The third kappa shape index (κ3) is 1.85. The average molecular weight is 323 g/mol. The number of carbonyl (C=O) groups excluding carboxylic acids is 2. The molecule has 0 radical (unpaired) electrons. The monoisotopic (exact) mass is 323 g/mol. The maximum atomic E-state index is 12.9. The summed E-state index contributed by atoms with van der Waals surface area (Å²) in [6, 6.07) is 6.38. The van der Waals surface area contributed by atoms with Crippen LogP contribution < -0.4 is 5.32 Å². The zero-order chi connectivity index (χ0) is 16.4. The average Bonchev–Trinajstić information content (AvgIpc) is 2.88. The van der Waals surface area contributed by atoms with E-state index in [0.717, 1.165) is 37.1 Å². The van der Waals surface area contributed by atoms with E-state index in [-0.39, 0.29) is 11.8 Å². The van der Waals surface area contributed by atoms with Gasteiger partial charge in [-0.3, -0.25) is 19.1 Å². The van der Waals surface area contributed by atoms with Gasteiger partial charge in [0.25, 0.3) is 0 Å². The van der Waals surface area contributed by atoms with Crippen LogP contribution in [-0.4, -0.2) is 34.4 Å². The molecule has 1 saturated heterocycles. The van der Waals surface area contributed by atoms with Gasteiger partial charge in [-0.05, 0) is 49.4 Å². The maximum absolute atomic E-state index is 12.9. The van der Waals surface area contributed by atoms with Crippen molar-refractivity contribution in [3.05, 3.63) is 29.5 Å². The highest BCUT2D eigenvalue weighted by Gasteiger charge is 2.44. The molecule has 24 heavy (non-hydrogen) atoms. The number of carbonyl (C=O) groups is 2. The molecule has 1 aromatic carbocycles. The summed E-state index contributed by atoms with van der Waals surface area (Å²) in [6.07, 6.45) is 4.01. The van der Waals surface area contributed by atoms with Crippen molar-refractivity contribution in [3.63, 3.8) is 0 Å². The smallest absolute Gasteiger partial charge is 0.231 e. The van der Waals surface area contributed by atoms with E-state index in [1.165, 1.54) is 30.0 Å². The molecule has 0 aliphatic carbocycles. The minimum atomic E-state index is -0.0887. The van der Waals surface area contributed by atoms with Gasteiger partial charge in [-0.15, -0.1) is 0 Å². The molecule has 2 atom stereocenters. The predicted octanol–water partition coefficient (Wildman–Crippen LogP) is 2.95. The Morgan fingerprint density at radius 1 is 1.29 bits per heavy atom. The fraction of sp³-hybridized carbons (Fsp3) is 0.474. The van der Waals surface area contributed by atoms with E-state index in [1.54, 1.807) is 0 Å². The lowest BCUT2D eigenvalue weighted by Gasteiger charge is -2.46. The van der Waals surface area contributed by atoms with Gasteiger partial charge in [0.1, 0.15) is 0 Å². The van der Waals surface area contributed by atoms with E-state index in [1.807, 2.05) is 16.7 Å². The third-order valence-electron chi connectivity index (χ3n) is 5.91. The van der Waals surface area contributed by atoms with Gasteiger partial charge in [0.15, 0.2) is 0 Å². The highest BCUT2D eigenvalue weighted by Crippen LogP contribution is 2.48. The maximum Gasteiger partial charge on any atom is 0.231 e. The number of nitrogens with zero attached hydrogens (tertiary/aromatic N) is 2. The summed E-state index contributed by atoms with van der Waals surface area (Å²) in [5.41, 5.74) is 4.30. The normalized spacial score (nSPS) is 25.6. The molecule has 1 aromatic heterocycles. The van der Waals surface area contributed by atoms with Gasteiger partial charge in [0.05, 0.1) is 11.6 Å². The molecule has 124 valence electrons. The molecule has 1 N–H and O–H groups in total. The summed E-state index contributed by atoms with van der Waals surface area (Å²) in [7, 11) is 0. The zero-order valence-corrected chi connectivity index (χ0v) is 13.8. The van der Waals surface area contributed by atoms with Crippen LogP contribution in [0.1, 0.15) is 48.3 Å². The topological polar surface area (TPSA) is 54.3 Å². The van der Waals surface area contributed by atoms with Gasteiger partial charge in [0.2, 0.25) is 11.8 Å². The molecule has 1 amide bonds. The Morgan fingerprint density at radius 2 is 2.17 bits per heavy atom. The van der Waals surface area contributed by atoms with Gasteiger partial charge >= 0.3 is 0 Å². The molecule has 1 fully saturated rings. The molecule has 0 unspecified atom stereocenters. The summed E-state index contributed by atoms with van der Waals surface area (Å²) in [6.45, 7) is 3.75. The van der Waals surface area contributed by atoms with Gasteiger partial charge in [-0.1, -0.05) is 6.07 Å². The number of hydrogen-bond donors (Lipinski definition) is 1. The SMILES string of the molecule is CC(=O)Nc1ccc2c3c4n(c2c1)C(=O)C[C@H]1CCCN(CC3)[C@@H]41. The van der Waals surface area contributed by atoms with Crippen LogP contribution in [0.15, 0.2) is 18.2 Å². The van der Waals surface area contributed by atoms with Crippen molar-refractivity contribution in [2.24, 2.45) is 5.92 Å². The second kappa shape index (κ2) is 4.93. The second-order valence-electron chi connectivity index (χ2n) is 7.34. The Balaban J connectivity index is 1.76. The van der Waals surface area contributed by atoms with E-state index in [2.05, 4.69) is 16.3 Å². The first-order valence-electron chi connectivity index (χ1n) is 8.85. The first-order chi connectivity index (χ1) is 11.6. The summed E-state index contributed by atoms with van der Waals surface area (Å²) in [4.78, 5) is 26.8. The van der Waals surface area contributed by atoms with Crippen LogP contribution in [0.3, 0.4) is 0 Å². The lowest BCUT2D eigenvalue weighted by atomic mass is 9.79. The Labute approximate surface area is 140 Å². The number of fused-ring (bicyclic) bond motifs is 3. The summed E-state index contributed by atoms with van der Waals surface area (Å²) < 4.78 is 1.95. The number of hydrogen-bond acceptors (Lipinski definition) is 3. The molecule has 0 saturated carbocycles. The zero-order valence-electron chi connectivity index (χ0n) is 13.8. The van der Waals surface area contributed by atoms with Crippen LogP contribution in [0.25, 0.3) is 10.9 Å². The fourth-order valence-electron chi connectivity index (χ4n) is 5.08. The van der Waals surface area contributed by atoms with Crippen molar-refractivity contribution < 1.29 is 9.59 Å². The first kappa shape index (κ1) is 14.2. The van der Waals surface area contributed by atoms with Crippen LogP contribution in [0.5, 0.6) is 0 Å². The Bertz CT molecular complexity index is 882. The minimum absolute atomic E-state index is 0.0887.